The van der Waals surface area contributed by atoms with Gasteiger partial charge in [0.2, 0.25) is 5.78 Å². The minimum absolute atomic E-state index is 0.123. The summed E-state index contributed by atoms with van der Waals surface area (Å²) < 4.78 is 5.47. The summed E-state index contributed by atoms with van der Waals surface area (Å²) in [5, 5.41) is 11.7. The zero-order chi connectivity index (χ0) is 24.4. The molecule has 0 unspecified atom stereocenters. The lowest BCUT2D eigenvalue weighted by molar-refractivity contribution is -0.384. The van der Waals surface area contributed by atoms with Crippen LogP contribution in [0.25, 0.3) is 10.9 Å². The van der Waals surface area contributed by atoms with Crippen molar-refractivity contribution in [1.29, 1.82) is 0 Å². The van der Waals surface area contributed by atoms with Gasteiger partial charge in [-0.25, -0.2) is 4.79 Å². The first kappa shape index (κ1) is 22.4. The number of fused-ring (bicyclic) bond motifs is 2. The van der Waals surface area contributed by atoms with E-state index in [1.54, 1.807) is 0 Å². The number of aryl methyl sites for hydroxylation is 1. The molecule has 1 aliphatic rings. The normalized spacial score (nSPS) is 14.8. The van der Waals surface area contributed by atoms with E-state index in [1.807, 2.05) is 42.5 Å². The number of carbonyl (C=O) groups excluding carboxylic acids is 2. The van der Waals surface area contributed by atoms with Crippen molar-refractivity contribution in [3.05, 3.63) is 117 Å². The summed E-state index contributed by atoms with van der Waals surface area (Å²) in [5.74, 6) is -0.839. The third-order valence-corrected chi connectivity index (χ3v) is 6.45. The van der Waals surface area contributed by atoms with Crippen LogP contribution >= 0.6 is 0 Å². The first-order valence-corrected chi connectivity index (χ1v) is 11.4. The van der Waals surface area contributed by atoms with Gasteiger partial charge in [0.1, 0.15) is 0 Å². The van der Waals surface area contributed by atoms with Gasteiger partial charge in [0, 0.05) is 28.8 Å². The fourth-order valence-corrected chi connectivity index (χ4v) is 4.71. The molecule has 0 aliphatic heterocycles. The second-order valence-corrected chi connectivity index (χ2v) is 8.59. The molecule has 0 amide bonds. The minimum atomic E-state index is -0.590. The average Bonchev–Trinajstić information content (AvgIpc) is 2.90. The van der Waals surface area contributed by atoms with Crippen LogP contribution in [-0.2, 0) is 17.6 Å². The highest BCUT2D eigenvalue weighted by Gasteiger charge is 2.28. The van der Waals surface area contributed by atoms with Gasteiger partial charge >= 0.3 is 5.97 Å². The van der Waals surface area contributed by atoms with Crippen molar-refractivity contribution < 1.29 is 19.2 Å². The standard InChI is InChI=1S/C28H22N2O5/c31-26(20-9-6-10-21(15-20)30(33)34)17-35-28(32)27-22-11-4-5-12-24(22)29-25-14-13-19(16-23(25)27)18-7-2-1-3-8-18/h1-12,15,19H,13-14,16-17H2/t19-/m0/s1. The van der Waals surface area contributed by atoms with Crippen molar-refractivity contribution in [3.8, 4) is 0 Å². The number of rotatable bonds is 6. The molecule has 35 heavy (non-hydrogen) atoms. The summed E-state index contributed by atoms with van der Waals surface area (Å²) in [5.41, 5.74) is 4.04. The fraction of sp³-hybridized carbons (Fsp3) is 0.179. The highest BCUT2D eigenvalue weighted by Crippen LogP contribution is 2.36. The van der Waals surface area contributed by atoms with Gasteiger partial charge in [0.25, 0.3) is 5.69 Å². The Morgan fingerprint density at radius 1 is 1.00 bits per heavy atom. The SMILES string of the molecule is O=C(COC(=O)c1c2c(nc3ccccc13)CC[C@H](c1ccccc1)C2)c1cccc([N+](=O)[O-])c1. The fourth-order valence-electron chi connectivity index (χ4n) is 4.71. The third kappa shape index (κ3) is 4.53. The lowest BCUT2D eigenvalue weighted by Crippen LogP contribution is -2.21. The zero-order valence-corrected chi connectivity index (χ0v) is 18.8. The van der Waals surface area contributed by atoms with Crippen LogP contribution in [0, 0.1) is 10.1 Å². The van der Waals surface area contributed by atoms with Crippen LogP contribution in [0.4, 0.5) is 5.69 Å². The van der Waals surface area contributed by atoms with E-state index >= 15 is 0 Å². The summed E-state index contributed by atoms with van der Waals surface area (Å²) in [7, 11) is 0. The van der Waals surface area contributed by atoms with Crippen LogP contribution < -0.4 is 0 Å². The molecule has 4 aromatic rings. The number of esters is 1. The van der Waals surface area contributed by atoms with Crippen molar-refractivity contribution in [3.63, 3.8) is 0 Å². The van der Waals surface area contributed by atoms with Gasteiger partial charge in [-0.15, -0.1) is 0 Å². The number of benzene rings is 3. The molecular weight excluding hydrogens is 444 g/mol. The Morgan fingerprint density at radius 3 is 2.57 bits per heavy atom. The molecule has 1 aromatic heterocycles. The highest BCUT2D eigenvalue weighted by atomic mass is 16.6. The lowest BCUT2D eigenvalue weighted by Gasteiger charge is -2.26. The minimum Gasteiger partial charge on any atom is -0.454 e. The maximum Gasteiger partial charge on any atom is 0.339 e. The average molecular weight is 466 g/mol. The Hall–Kier alpha value is -4.39. The number of nitro groups is 1. The Morgan fingerprint density at radius 2 is 1.77 bits per heavy atom. The van der Waals surface area contributed by atoms with Gasteiger partial charge in [0.05, 0.1) is 16.0 Å². The molecule has 0 N–H and O–H groups in total. The summed E-state index contributed by atoms with van der Waals surface area (Å²) >= 11 is 0. The number of pyridine rings is 1. The van der Waals surface area contributed by atoms with Crippen molar-refractivity contribution >= 4 is 28.3 Å². The first-order chi connectivity index (χ1) is 17.0. The van der Waals surface area contributed by atoms with Gasteiger partial charge in [-0.3, -0.25) is 19.9 Å². The van der Waals surface area contributed by atoms with Crippen LogP contribution in [0.5, 0.6) is 0 Å². The molecule has 7 heteroatoms. The predicted octanol–water partition coefficient (Wildman–Crippen LogP) is 5.46. The van der Waals surface area contributed by atoms with Gasteiger partial charge < -0.3 is 4.74 Å². The predicted molar refractivity (Wildman–Crippen MR) is 131 cm³/mol. The van der Waals surface area contributed by atoms with Crippen LogP contribution in [0.2, 0.25) is 0 Å². The molecule has 7 nitrogen and oxygen atoms in total. The van der Waals surface area contributed by atoms with Crippen molar-refractivity contribution in [2.75, 3.05) is 6.61 Å². The highest BCUT2D eigenvalue weighted by molar-refractivity contribution is 6.06. The van der Waals surface area contributed by atoms with Crippen molar-refractivity contribution in [2.45, 2.75) is 25.2 Å². The Labute approximate surface area is 201 Å². The molecule has 0 fully saturated rings. The molecule has 0 bridgehead atoms. The Kier molecular flexibility index (Phi) is 6.06. The zero-order valence-electron chi connectivity index (χ0n) is 18.8. The number of ketones is 1. The third-order valence-electron chi connectivity index (χ3n) is 6.45. The maximum absolute atomic E-state index is 13.4. The molecule has 1 atom stereocenters. The molecule has 0 saturated carbocycles. The van der Waals surface area contributed by atoms with Crippen LogP contribution in [0.3, 0.4) is 0 Å². The summed E-state index contributed by atoms with van der Waals surface area (Å²) in [6, 6.07) is 23.0. The first-order valence-electron chi connectivity index (χ1n) is 11.4. The number of para-hydroxylation sites is 1. The van der Waals surface area contributed by atoms with E-state index in [4.69, 9.17) is 9.72 Å². The van der Waals surface area contributed by atoms with Gasteiger partial charge in [-0.1, -0.05) is 60.7 Å². The molecule has 0 spiro atoms. The van der Waals surface area contributed by atoms with E-state index in [1.165, 1.54) is 29.8 Å². The maximum atomic E-state index is 13.4. The topological polar surface area (TPSA) is 99.4 Å². The van der Waals surface area contributed by atoms with Gasteiger partial charge in [-0.05, 0) is 42.4 Å². The molecule has 5 rings (SSSR count). The summed E-state index contributed by atoms with van der Waals surface area (Å²) in [4.78, 5) is 41.3. The quantitative estimate of drug-likeness (QED) is 0.162. The number of non-ortho nitro benzene ring substituents is 1. The van der Waals surface area contributed by atoms with Gasteiger partial charge in [0.15, 0.2) is 6.61 Å². The smallest absolute Gasteiger partial charge is 0.339 e. The second-order valence-electron chi connectivity index (χ2n) is 8.59. The van der Waals surface area contributed by atoms with Gasteiger partial charge in [-0.2, -0.15) is 0 Å². The van der Waals surface area contributed by atoms with Crippen LogP contribution in [0.15, 0.2) is 78.9 Å². The molecule has 1 aliphatic carbocycles. The largest absolute Gasteiger partial charge is 0.454 e. The monoisotopic (exact) mass is 466 g/mol. The summed E-state index contributed by atoms with van der Waals surface area (Å²) in [6.07, 6.45) is 2.33. The van der Waals surface area contributed by atoms with Crippen molar-refractivity contribution in [2.24, 2.45) is 0 Å². The number of hydrogen-bond donors (Lipinski definition) is 0. The van der Waals surface area contributed by atoms with E-state index < -0.39 is 23.3 Å². The van der Waals surface area contributed by atoms with E-state index in [0.29, 0.717) is 22.9 Å². The second kappa shape index (κ2) is 9.46. The number of nitrogens with zero attached hydrogens (tertiary/aromatic N) is 2. The Bertz CT molecular complexity index is 1450. The number of carbonyl (C=O) groups is 2. The Balaban J connectivity index is 1.45. The van der Waals surface area contributed by atoms with E-state index in [2.05, 4.69) is 12.1 Å². The van der Waals surface area contributed by atoms with Crippen LogP contribution in [0.1, 0.15) is 49.9 Å². The number of nitro benzene ring substituents is 1. The van der Waals surface area contributed by atoms with E-state index in [-0.39, 0.29) is 17.2 Å². The molecule has 3 aromatic carbocycles. The lowest BCUT2D eigenvalue weighted by atomic mass is 9.80. The molecular formula is C28H22N2O5. The molecule has 0 saturated heterocycles. The molecule has 1 heterocycles. The van der Waals surface area contributed by atoms with Crippen molar-refractivity contribution in [1.82, 2.24) is 4.98 Å². The summed E-state index contributed by atoms with van der Waals surface area (Å²) in [6.45, 7) is -0.506. The number of hydrogen-bond acceptors (Lipinski definition) is 6. The molecule has 0 radical (unpaired) electrons. The molecule has 174 valence electrons. The van der Waals surface area contributed by atoms with Crippen LogP contribution in [-0.4, -0.2) is 28.3 Å². The number of Topliss-reactive ketones (excluding diaryl/α,β-unsaturated/α-hetero) is 1. The van der Waals surface area contributed by atoms with E-state index in [0.717, 1.165) is 24.1 Å². The number of aromatic nitrogens is 1. The van der Waals surface area contributed by atoms with E-state index in [9.17, 15) is 19.7 Å². The number of ether oxygens (including phenoxy) is 1.